The molecule has 1 aromatic carbocycles. The van der Waals surface area contributed by atoms with Gasteiger partial charge >= 0.3 is 6.03 Å². The molecular formula is C28H31F2N7O2S. The number of likely N-dealkylation sites (tertiary alicyclic amines) is 1. The lowest BCUT2D eigenvalue weighted by molar-refractivity contribution is -0.0661. The fraction of sp³-hybridized carbons (Fsp3) is 0.393. The summed E-state index contributed by atoms with van der Waals surface area (Å²) in [6, 6.07) is 6.98. The van der Waals surface area contributed by atoms with Crippen molar-refractivity contribution in [3.05, 3.63) is 54.2 Å². The Morgan fingerprint density at radius 1 is 1.20 bits per heavy atom. The second kappa shape index (κ2) is 10.8. The summed E-state index contributed by atoms with van der Waals surface area (Å²) >= 11 is 1.33. The fourth-order valence-corrected chi connectivity index (χ4v) is 5.97. The molecule has 9 nitrogen and oxygen atoms in total. The number of hydrogen-bond donors (Lipinski definition) is 2. The third-order valence-corrected chi connectivity index (χ3v) is 7.93. The Morgan fingerprint density at radius 3 is 2.60 bits per heavy atom. The van der Waals surface area contributed by atoms with Crippen LogP contribution in [0, 0.1) is 0 Å². The first kappa shape index (κ1) is 27.9. The molecule has 0 radical (unpaired) electrons. The Balaban J connectivity index is 1.59. The first-order valence-electron chi connectivity index (χ1n) is 13.1. The van der Waals surface area contributed by atoms with E-state index in [-0.39, 0.29) is 13.0 Å². The molecule has 0 unspecified atom stereocenters. The Bertz CT molecular complexity index is 1540. The summed E-state index contributed by atoms with van der Waals surface area (Å²) in [6.45, 7) is 6.15. The van der Waals surface area contributed by atoms with Gasteiger partial charge in [0.15, 0.2) is 11.0 Å². The van der Waals surface area contributed by atoms with Gasteiger partial charge in [0.05, 0.1) is 22.5 Å². The zero-order valence-corrected chi connectivity index (χ0v) is 23.4. The van der Waals surface area contributed by atoms with Crippen molar-refractivity contribution in [3.63, 3.8) is 0 Å². The standard InChI is InChI=1S/C28H31F2N7O2S/c1-4-37(25(31)38)26-35-22-12-18(19-13-33-24(34-14-19)27(2,3)39)11-20(23(22)40-26)21-10-17(6-8-32-21)15-36-9-5-7-28(29,30)16-36/h6,8,10-14,39H,4-5,7,9,15-16H2,1-3H3,(H2,31,38). The molecule has 0 aliphatic carbocycles. The molecule has 12 heteroatoms. The number of benzene rings is 1. The maximum absolute atomic E-state index is 14.0. The van der Waals surface area contributed by atoms with Gasteiger partial charge in [-0.2, -0.15) is 0 Å². The lowest BCUT2D eigenvalue weighted by Gasteiger charge is -2.32. The Hall–Kier alpha value is -3.61. The Morgan fingerprint density at radius 2 is 1.95 bits per heavy atom. The highest BCUT2D eigenvalue weighted by molar-refractivity contribution is 7.23. The lowest BCUT2D eigenvalue weighted by Crippen LogP contribution is -2.42. The molecule has 1 aliphatic heterocycles. The molecule has 4 heterocycles. The normalized spacial score (nSPS) is 15.8. The van der Waals surface area contributed by atoms with E-state index in [2.05, 4.69) is 15.0 Å². The first-order valence-corrected chi connectivity index (χ1v) is 13.9. The van der Waals surface area contributed by atoms with E-state index in [0.29, 0.717) is 53.8 Å². The van der Waals surface area contributed by atoms with Crippen molar-refractivity contribution in [2.45, 2.75) is 51.7 Å². The topological polar surface area (TPSA) is 121 Å². The number of nitrogens with two attached hydrogens (primary N) is 1. The SMILES string of the molecule is CCN(C(N)=O)c1nc2cc(-c3cnc(C(C)(C)O)nc3)cc(-c3cc(CN4CCCC(F)(F)C4)ccn3)c2s1. The summed E-state index contributed by atoms with van der Waals surface area (Å²) in [5.41, 5.74) is 8.83. The number of pyridine rings is 1. The van der Waals surface area contributed by atoms with Crippen molar-refractivity contribution < 1.29 is 18.7 Å². The second-order valence-corrected chi connectivity index (χ2v) is 11.5. The molecule has 1 aliphatic rings. The van der Waals surface area contributed by atoms with Crippen molar-refractivity contribution in [1.82, 2.24) is 24.8 Å². The average molecular weight is 568 g/mol. The molecule has 0 atom stereocenters. The molecule has 0 spiro atoms. The maximum atomic E-state index is 14.0. The molecule has 40 heavy (non-hydrogen) atoms. The van der Waals surface area contributed by atoms with Crippen molar-refractivity contribution in [3.8, 4) is 22.4 Å². The van der Waals surface area contributed by atoms with Crippen molar-refractivity contribution in [2.75, 3.05) is 24.5 Å². The number of halogens is 2. The van der Waals surface area contributed by atoms with E-state index < -0.39 is 17.6 Å². The number of aliphatic hydroxyl groups is 1. The highest BCUT2D eigenvalue weighted by atomic mass is 32.1. The number of aromatic nitrogens is 4. The van der Waals surface area contributed by atoms with Crippen LogP contribution in [0.1, 0.15) is 45.0 Å². The molecule has 4 aromatic rings. The smallest absolute Gasteiger partial charge is 0.321 e. The minimum absolute atomic E-state index is 0.0792. The zero-order chi connectivity index (χ0) is 28.7. The van der Waals surface area contributed by atoms with Crippen LogP contribution in [0.3, 0.4) is 0 Å². The number of rotatable bonds is 7. The van der Waals surface area contributed by atoms with E-state index in [1.54, 1.807) is 37.3 Å². The highest BCUT2D eigenvalue weighted by Crippen LogP contribution is 2.39. The number of piperidine rings is 1. The van der Waals surface area contributed by atoms with Crippen LogP contribution >= 0.6 is 11.3 Å². The number of carbonyl (C=O) groups is 1. The first-order chi connectivity index (χ1) is 18.9. The van der Waals surface area contributed by atoms with Gasteiger partial charge in [0.1, 0.15) is 5.60 Å². The summed E-state index contributed by atoms with van der Waals surface area (Å²) in [4.78, 5) is 33.2. The molecule has 210 valence electrons. The minimum Gasteiger partial charge on any atom is -0.382 e. The van der Waals surface area contributed by atoms with Crippen LogP contribution in [-0.2, 0) is 12.1 Å². The van der Waals surface area contributed by atoms with Crippen molar-refractivity contribution in [2.24, 2.45) is 5.73 Å². The highest BCUT2D eigenvalue weighted by Gasteiger charge is 2.35. The number of nitrogens with zero attached hydrogens (tertiary/aromatic N) is 6. The third kappa shape index (κ3) is 5.93. The van der Waals surface area contributed by atoms with E-state index in [9.17, 15) is 18.7 Å². The summed E-state index contributed by atoms with van der Waals surface area (Å²) in [7, 11) is 0. The number of amides is 2. The molecule has 3 aromatic heterocycles. The largest absolute Gasteiger partial charge is 0.382 e. The molecular weight excluding hydrogens is 536 g/mol. The summed E-state index contributed by atoms with van der Waals surface area (Å²) in [6.07, 6.45) is 5.33. The van der Waals surface area contributed by atoms with Gasteiger partial charge in [-0.05, 0) is 69.1 Å². The molecule has 5 rings (SSSR count). The van der Waals surface area contributed by atoms with Crippen LogP contribution in [0.25, 0.3) is 32.6 Å². The number of hydrogen-bond acceptors (Lipinski definition) is 8. The number of anilines is 1. The number of fused-ring (bicyclic) bond motifs is 1. The van der Waals surface area contributed by atoms with Gasteiger partial charge in [0.25, 0.3) is 5.92 Å². The van der Waals surface area contributed by atoms with E-state index >= 15 is 0 Å². The Labute approximate surface area is 234 Å². The van der Waals surface area contributed by atoms with Gasteiger partial charge in [-0.3, -0.25) is 14.8 Å². The monoisotopic (exact) mass is 567 g/mol. The zero-order valence-electron chi connectivity index (χ0n) is 22.6. The molecule has 2 amide bonds. The van der Waals surface area contributed by atoms with Crippen LogP contribution < -0.4 is 10.6 Å². The van der Waals surface area contributed by atoms with E-state index in [4.69, 9.17) is 10.7 Å². The number of carbonyl (C=O) groups excluding carboxylic acids is 1. The van der Waals surface area contributed by atoms with Crippen LogP contribution in [0.5, 0.6) is 0 Å². The number of primary amides is 1. The molecule has 3 N–H and O–H groups in total. The van der Waals surface area contributed by atoms with E-state index in [1.807, 2.05) is 31.2 Å². The number of alkyl halides is 2. The van der Waals surface area contributed by atoms with Gasteiger partial charge in [0, 0.05) is 49.2 Å². The quantitative estimate of drug-likeness (QED) is 0.316. The molecule has 0 saturated carbocycles. The molecule has 1 fully saturated rings. The van der Waals surface area contributed by atoms with Gasteiger partial charge in [-0.25, -0.2) is 28.5 Å². The predicted molar refractivity (Wildman–Crippen MR) is 151 cm³/mol. The van der Waals surface area contributed by atoms with E-state index in [1.165, 1.54) is 16.2 Å². The summed E-state index contributed by atoms with van der Waals surface area (Å²) in [5.74, 6) is -2.38. The minimum atomic E-state index is -2.68. The molecule has 1 saturated heterocycles. The third-order valence-electron chi connectivity index (χ3n) is 6.80. The average Bonchev–Trinajstić information content (AvgIpc) is 3.31. The van der Waals surface area contributed by atoms with E-state index in [0.717, 1.165) is 21.4 Å². The van der Waals surface area contributed by atoms with Gasteiger partial charge < -0.3 is 10.8 Å². The van der Waals surface area contributed by atoms with Crippen molar-refractivity contribution in [1.29, 1.82) is 0 Å². The van der Waals surface area contributed by atoms with Crippen LogP contribution in [0.4, 0.5) is 18.7 Å². The maximum Gasteiger partial charge on any atom is 0.321 e. The molecule has 0 bridgehead atoms. The van der Waals surface area contributed by atoms with Crippen molar-refractivity contribution >= 4 is 32.7 Å². The van der Waals surface area contributed by atoms with Crippen LogP contribution in [-0.4, -0.2) is 61.5 Å². The number of urea groups is 1. The predicted octanol–water partition coefficient (Wildman–Crippen LogP) is 5.18. The summed E-state index contributed by atoms with van der Waals surface area (Å²) in [5, 5.41) is 10.7. The van der Waals surface area contributed by atoms with Crippen LogP contribution in [0.2, 0.25) is 0 Å². The van der Waals surface area contributed by atoms with Gasteiger partial charge in [-0.1, -0.05) is 11.3 Å². The second-order valence-electron chi connectivity index (χ2n) is 10.5. The number of thiazole rings is 1. The lowest BCUT2D eigenvalue weighted by atomic mass is 10.0. The van der Waals surface area contributed by atoms with Crippen LogP contribution in [0.15, 0.2) is 42.9 Å². The summed E-state index contributed by atoms with van der Waals surface area (Å²) < 4.78 is 28.8. The fourth-order valence-electron chi connectivity index (χ4n) is 4.83. The Kier molecular flexibility index (Phi) is 7.51. The van der Waals surface area contributed by atoms with Gasteiger partial charge in [0.2, 0.25) is 0 Å². The van der Waals surface area contributed by atoms with Gasteiger partial charge in [-0.15, -0.1) is 0 Å².